The minimum atomic E-state index is 0.214. The number of benzene rings is 2. The molecule has 0 aliphatic rings. The van der Waals surface area contributed by atoms with Gasteiger partial charge in [-0.1, -0.05) is 89.8 Å². The minimum absolute atomic E-state index is 0.214. The van der Waals surface area contributed by atoms with E-state index in [0.717, 1.165) is 31.9 Å². The van der Waals surface area contributed by atoms with Crippen LogP contribution in [0, 0.1) is 0 Å². The second kappa shape index (κ2) is 11.1. The van der Waals surface area contributed by atoms with Crippen molar-refractivity contribution in [1.29, 1.82) is 0 Å². The van der Waals surface area contributed by atoms with Crippen LogP contribution in [0.3, 0.4) is 0 Å². The zero-order valence-corrected chi connectivity index (χ0v) is 17.7. The summed E-state index contributed by atoms with van der Waals surface area (Å²) in [5, 5.41) is 3.53. The predicted molar refractivity (Wildman–Crippen MR) is 116 cm³/mol. The van der Waals surface area contributed by atoms with Crippen molar-refractivity contribution >= 4 is 0 Å². The van der Waals surface area contributed by atoms with Crippen LogP contribution in [0.4, 0.5) is 0 Å². The molecule has 0 bridgehead atoms. The molecular weight excluding hydrogens is 330 g/mol. The highest BCUT2D eigenvalue weighted by atomic mass is 16.5. The lowest BCUT2D eigenvalue weighted by molar-refractivity contribution is 0.304. The molecule has 1 N–H and O–H groups in total. The van der Waals surface area contributed by atoms with Crippen molar-refractivity contribution in [2.45, 2.75) is 78.3 Å². The van der Waals surface area contributed by atoms with Crippen molar-refractivity contribution in [3.8, 4) is 5.75 Å². The van der Waals surface area contributed by atoms with Crippen LogP contribution in [-0.4, -0.2) is 6.61 Å². The maximum absolute atomic E-state index is 5.83. The molecule has 0 radical (unpaired) electrons. The Morgan fingerprint density at radius 2 is 1.30 bits per heavy atom. The van der Waals surface area contributed by atoms with Crippen molar-refractivity contribution in [1.82, 2.24) is 5.32 Å². The third-order valence-corrected chi connectivity index (χ3v) is 4.92. The molecule has 0 heterocycles. The van der Waals surface area contributed by atoms with E-state index in [4.69, 9.17) is 4.74 Å². The molecule has 0 aliphatic heterocycles. The lowest BCUT2D eigenvalue weighted by atomic mass is 9.87. The lowest BCUT2D eigenvalue weighted by Gasteiger charge is -2.19. The topological polar surface area (TPSA) is 21.3 Å². The average molecular weight is 368 g/mol. The maximum Gasteiger partial charge on any atom is 0.119 e. The number of unbranched alkanes of at least 4 members (excludes halogenated alkanes) is 4. The van der Waals surface area contributed by atoms with Gasteiger partial charge in [0, 0.05) is 13.1 Å². The number of ether oxygens (including phenoxy) is 1. The SMILES string of the molecule is CCCCCCCOc1ccc(CNCc2ccc(C(C)(C)C)cc2)cc1. The van der Waals surface area contributed by atoms with E-state index in [9.17, 15) is 0 Å². The van der Waals surface area contributed by atoms with Gasteiger partial charge in [0.2, 0.25) is 0 Å². The van der Waals surface area contributed by atoms with E-state index >= 15 is 0 Å². The Morgan fingerprint density at radius 1 is 0.741 bits per heavy atom. The Labute approximate surface area is 166 Å². The van der Waals surface area contributed by atoms with Crippen LogP contribution in [0.2, 0.25) is 0 Å². The number of hydrogen-bond acceptors (Lipinski definition) is 2. The third-order valence-electron chi connectivity index (χ3n) is 4.92. The van der Waals surface area contributed by atoms with Crippen LogP contribution >= 0.6 is 0 Å². The fraction of sp³-hybridized carbons (Fsp3) is 0.520. The van der Waals surface area contributed by atoms with Crippen molar-refractivity contribution in [2.75, 3.05) is 6.61 Å². The molecule has 2 aromatic carbocycles. The predicted octanol–water partition coefficient (Wildman–Crippen LogP) is 6.62. The molecule has 0 saturated heterocycles. The van der Waals surface area contributed by atoms with E-state index in [1.807, 2.05) is 0 Å². The average Bonchev–Trinajstić information content (AvgIpc) is 2.65. The molecule has 0 aromatic heterocycles. The van der Waals surface area contributed by atoms with Gasteiger partial charge in [0.25, 0.3) is 0 Å². The summed E-state index contributed by atoms with van der Waals surface area (Å²) in [5.74, 6) is 0.979. The molecule has 0 unspecified atom stereocenters. The summed E-state index contributed by atoms with van der Waals surface area (Å²) in [7, 11) is 0. The normalized spacial score (nSPS) is 11.6. The first-order valence-electron chi connectivity index (χ1n) is 10.5. The van der Waals surface area contributed by atoms with Gasteiger partial charge >= 0.3 is 0 Å². The zero-order chi connectivity index (χ0) is 19.5. The smallest absolute Gasteiger partial charge is 0.119 e. The van der Waals surface area contributed by atoms with Gasteiger partial charge in [-0.3, -0.25) is 0 Å². The molecule has 0 fully saturated rings. The van der Waals surface area contributed by atoms with Crippen LogP contribution in [0.15, 0.2) is 48.5 Å². The van der Waals surface area contributed by atoms with E-state index in [1.165, 1.54) is 42.4 Å². The quantitative estimate of drug-likeness (QED) is 0.450. The first-order chi connectivity index (χ1) is 13.0. The van der Waals surface area contributed by atoms with Gasteiger partial charge < -0.3 is 10.1 Å². The number of hydrogen-bond donors (Lipinski definition) is 1. The summed E-state index contributed by atoms with van der Waals surface area (Å²) >= 11 is 0. The largest absolute Gasteiger partial charge is 0.494 e. The Bertz CT molecular complexity index is 638. The van der Waals surface area contributed by atoms with E-state index in [0.29, 0.717) is 0 Å². The molecule has 0 spiro atoms. The lowest BCUT2D eigenvalue weighted by Crippen LogP contribution is -2.14. The van der Waals surface area contributed by atoms with Crippen LogP contribution in [-0.2, 0) is 18.5 Å². The monoisotopic (exact) mass is 367 g/mol. The highest BCUT2D eigenvalue weighted by Gasteiger charge is 2.12. The molecule has 0 atom stereocenters. The van der Waals surface area contributed by atoms with Gasteiger partial charge in [-0.25, -0.2) is 0 Å². The molecule has 148 valence electrons. The standard InChI is InChI=1S/C25H37NO/c1-5-6-7-8-9-18-27-24-16-12-22(13-17-24)20-26-19-21-10-14-23(15-11-21)25(2,3)4/h10-17,26H,5-9,18-20H2,1-4H3. The Kier molecular flexibility index (Phi) is 8.87. The first-order valence-corrected chi connectivity index (χ1v) is 10.5. The first kappa shape index (κ1) is 21.5. The Balaban J connectivity index is 1.67. The summed E-state index contributed by atoms with van der Waals surface area (Å²) in [6, 6.07) is 17.4. The van der Waals surface area contributed by atoms with E-state index in [-0.39, 0.29) is 5.41 Å². The van der Waals surface area contributed by atoms with Gasteiger partial charge in [-0.2, -0.15) is 0 Å². The summed E-state index contributed by atoms with van der Waals surface area (Å²) in [6.45, 7) is 11.6. The van der Waals surface area contributed by atoms with Crippen molar-refractivity contribution in [3.63, 3.8) is 0 Å². The van der Waals surface area contributed by atoms with Crippen LogP contribution in [0.25, 0.3) is 0 Å². The summed E-state index contributed by atoms with van der Waals surface area (Å²) in [4.78, 5) is 0. The van der Waals surface area contributed by atoms with Gasteiger partial charge in [0.15, 0.2) is 0 Å². The van der Waals surface area contributed by atoms with E-state index in [2.05, 4.69) is 81.5 Å². The molecule has 0 aliphatic carbocycles. The molecule has 27 heavy (non-hydrogen) atoms. The summed E-state index contributed by atoms with van der Waals surface area (Å²) < 4.78 is 5.83. The zero-order valence-electron chi connectivity index (χ0n) is 17.7. The van der Waals surface area contributed by atoms with Crippen LogP contribution < -0.4 is 10.1 Å². The third kappa shape index (κ3) is 8.17. The Morgan fingerprint density at radius 3 is 1.85 bits per heavy atom. The fourth-order valence-corrected chi connectivity index (χ4v) is 3.07. The van der Waals surface area contributed by atoms with Gasteiger partial charge in [-0.05, 0) is 40.7 Å². The second-order valence-electron chi connectivity index (χ2n) is 8.46. The van der Waals surface area contributed by atoms with Gasteiger partial charge in [0.05, 0.1) is 6.61 Å². The van der Waals surface area contributed by atoms with Crippen LogP contribution in [0.5, 0.6) is 5.75 Å². The second-order valence-corrected chi connectivity index (χ2v) is 8.46. The Hall–Kier alpha value is -1.80. The van der Waals surface area contributed by atoms with Crippen molar-refractivity contribution in [2.24, 2.45) is 0 Å². The molecular formula is C25H37NO. The fourth-order valence-electron chi connectivity index (χ4n) is 3.07. The summed E-state index contributed by atoms with van der Waals surface area (Å²) in [6.07, 6.45) is 6.37. The molecule has 2 aromatic rings. The summed E-state index contributed by atoms with van der Waals surface area (Å²) in [5.41, 5.74) is 4.21. The van der Waals surface area contributed by atoms with Crippen LogP contribution in [0.1, 0.15) is 76.5 Å². The molecule has 0 saturated carbocycles. The molecule has 2 rings (SSSR count). The molecule has 2 nitrogen and oxygen atoms in total. The molecule has 2 heteroatoms. The number of nitrogens with one attached hydrogen (secondary N) is 1. The maximum atomic E-state index is 5.83. The molecule has 0 amide bonds. The van der Waals surface area contributed by atoms with E-state index < -0.39 is 0 Å². The van der Waals surface area contributed by atoms with E-state index in [1.54, 1.807) is 0 Å². The highest BCUT2D eigenvalue weighted by Crippen LogP contribution is 2.22. The minimum Gasteiger partial charge on any atom is -0.494 e. The van der Waals surface area contributed by atoms with Crippen molar-refractivity contribution in [3.05, 3.63) is 65.2 Å². The highest BCUT2D eigenvalue weighted by molar-refractivity contribution is 5.28. The number of rotatable bonds is 11. The van der Waals surface area contributed by atoms with Crippen molar-refractivity contribution < 1.29 is 4.74 Å². The van der Waals surface area contributed by atoms with Gasteiger partial charge in [0.1, 0.15) is 5.75 Å². The van der Waals surface area contributed by atoms with Gasteiger partial charge in [-0.15, -0.1) is 0 Å².